The molecule has 1 heterocycles. The van der Waals surface area contributed by atoms with Crippen LogP contribution in [0.2, 0.25) is 0 Å². The first-order chi connectivity index (χ1) is 7.37. The van der Waals surface area contributed by atoms with Crippen molar-refractivity contribution in [2.24, 2.45) is 0 Å². The topological polar surface area (TPSA) is 35.9 Å². The highest BCUT2D eigenvalue weighted by Crippen LogP contribution is 2.08. The molecule has 1 saturated heterocycles. The molecule has 16 heavy (non-hydrogen) atoms. The average Bonchev–Trinajstić information content (AvgIpc) is 2.18. The Morgan fingerprint density at radius 2 is 1.75 bits per heavy atom. The van der Waals surface area contributed by atoms with E-state index in [1.54, 1.807) is 0 Å². The molecule has 0 aromatic carbocycles. The van der Waals surface area contributed by atoms with E-state index in [2.05, 4.69) is 16.8 Å². The van der Waals surface area contributed by atoms with Crippen LogP contribution >= 0.6 is 0 Å². The molecule has 4 heteroatoms. The highest BCUT2D eigenvalue weighted by Gasteiger charge is 2.19. The van der Waals surface area contributed by atoms with Crippen LogP contribution < -0.4 is 0 Å². The molecular weight excluding hydrogens is 204 g/mol. The van der Waals surface area contributed by atoms with Crippen LogP contribution in [0.4, 0.5) is 0 Å². The zero-order valence-corrected chi connectivity index (χ0v) is 11.1. The third-order valence-corrected chi connectivity index (χ3v) is 2.77. The molecular formula is C12H26N2O2. The van der Waals surface area contributed by atoms with Gasteiger partial charge in [-0.1, -0.05) is 0 Å². The van der Waals surface area contributed by atoms with Crippen LogP contribution in [0.25, 0.3) is 0 Å². The molecule has 1 rings (SSSR count). The second kappa shape index (κ2) is 5.96. The van der Waals surface area contributed by atoms with E-state index in [9.17, 15) is 5.11 Å². The van der Waals surface area contributed by atoms with Crippen molar-refractivity contribution < 1.29 is 9.84 Å². The van der Waals surface area contributed by atoms with Crippen molar-refractivity contribution in [1.82, 2.24) is 9.80 Å². The Kier molecular flexibility index (Phi) is 5.18. The SMILES string of the molecule is CN1CCN(C[C@H](O)COC(C)(C)C)CC1. The summed E-state index contributed by atoms with van der Waals surface area (Å²) in [6.45, 7) is 11.5. The average molecular weight is 230 g/mol. The smallest absolute Gasteiger partial charge is 0.0900 e. The molecule has 1 N–H and O–H groups in total. The molecule has 4 nitrogen and oxygen atoms in total. The summed E-state index contributed by atoms with van der Waals surface area (Å²) in [5.41, 5.74) is -0.164. The summed E-state index contributed by atoms with van der Waals surface area (Å²) in [5.74, 6) is 0. The summed E-state index contributed by atoms with van der Waals surface area (Å²) in [7, 11) is 2.14. The minimum absolute atomic E-state index is 0.164. The second-order valence-electron chi connectivity index (χ2n) is 5.68. The highest BCUT2D eigenvalue weighted by molar-refractivity contribution is 4.72. The lowest BCUT2D eigenvalue weighted by atomic mass is 10.2. The number of rotatable bonds is 4. The van der Waals surface area contributed by atoms with Gasteiger partial charge in [-0.25, -0.2) is 0 Å². The van der Waals surface area contributed by atoms with Gasteiger partial charge in [0.2, 0.25) is 0 Å². The Hall–Kier alpha value is -0.160. The normalized spacial score (nSPS) is 22.3. The molecule has 0 spiro atoms. The van der Waals surface area contributed by atoms with Gasteiger partial charge in [0, 0.05) is 32.7 Å². The van der Waals surface area contributed by atoms with Crippen LogP contribution in [0.15, 0.2) is 0 Å². The summed E-state index contributed by atoms with van der Waals surface area (Å²) in [6.07, 6.45) is -0.373. The molecule has 0 amide bonds. The largest absolute Gasteiger partial charge is 0.389 e. The van der Waals surface area contributed by atoms with Crippen LogP contribution in [0, 0.1) is 0 Å². The van der Waals surface area contributed by atoms with Gasteiger partial charge in [0.05, 0.1) is 18.3 Å². The fourth-order valence-corrected chi connectivity index (χ4v) is 1.73. The Bertz CT molecular complexity index is 196. The van der Waals surface area contributed by atoms with Gasteiger partial charge in [0.15, 0.2) is 0 Å². The number of β-amino-alcohol motifs (C(OH)–C–C–N with tert-alkyl or cyclic N) is 1. The van der Waals surface area contributed by atoms with E-state index in [4.69, 9.17) is 4.74 Å². The lowest BCUT2D eigenvalue weighted by Crippen LogP contribution is -2.47. The molecule has 1 atom stereocenters. The van der Waals surface area contributed by atoms with Gasteiger partial charge < -0.3 is 14.7 Å². The molecule has 1 fully saturated rings. The van der Waals surface area contributed by atoms with Crippen molar-refractivity contribution in [3.05, 3.63) is 0 Å². The van der Waals surface area contributed by atoms with Gasteiger partial charge in [0.1, 0.15) is 0 Å². The third-order valence-electron chi connectivity index (χ3n) is 2.77. The van der Waals surface area contributed by atoms with Crippen molar-refractivity contribution in [2.45, 2.75) is 32.5 Å². The van der Waals surface area contributed by atoms with Gasteiger partial charge in [-0.15, -0.1) is 0 Å². The number of ether oxygens (including phenoxy) is 1. The number of hydrogen-bond acceptors (Lipinski definition) is 4. The lowest BCUT2D eigenvalue weighted by Gasteiger charge is -2.34. The van der Waals surface area contributed by atoms with E-state index in [1.807, 2.05) is 20.8 Å². The van der Waals surface area contributed by atoms with E-state index in [1.165, 1.54) is 0 Å². The summed E-state index contributed by atoms with van der Waals surface area (Å²) in [6, 6.07) is 0. The quantitative estimate of drug-likeness (QED) is 0.759. The first kappa shape index (κ1) is 13.9. The van der Waals surface area contributed by atoms with Crippen LogP contribution in [-0.4, -0.2) is 73.0 Å². The molecule has 0 saturated carbocycles. The van der Waals surface area contributed by atoms with Gasteiger partial charge in [-0.05, 0) is 27.8 Å². The molecule has 1 aliphatic heterocycles. The van der Waals surface area contributed by atoms with Crippen molar-refractivity contribution in [3.63, 3.8) is 0 Å². The lowest BCUT2D eigenvalue weighted by molar-refractivity contribution is -0.0582. The number of likely N-dealkylation sites (N-methyl/N-ethyl adjacent to an activating group) is 1. The fourth-order valence-electron chi connectivity index (χ4n) is 1.73. The van der Waals surface area contributed by atoms with E-state index < -0.39 is 0 Å². The highest BCUT2D eigenvalue weighted by atomic mass is 16.5. The van der Waals surface area contributed by atoms with Crippen molar-refractivity contribution >= 4 is 0 Å². The molecule has 0 radical (unpaired) electrons. The maximum Gasteiger partial charge on any atom is 0.0900 e. The Morgan fingerprint density at radius 1 is 1.19 bits per heavy atom. The van der Waals surface area contributed by atoms with Crippen molar-refractivity contribution in [1.29, 1.82) is 0 Å². The maximum atomic E-state index is 9.85. The maximum absolute atomic E-state index is 9.85. The fraction of sp³-hybridized carbons (Fsp3) is 1.00. The monoisotopic (exact) mass is 230 g/mol. The van der Waals surface area contributed by atoms with Crippen molar-refractivity contribution in [3.8, 4) is 0 Å². The van der Waals surface area contributed by atoms with Gasteiger partial charge >= 0.3 is 0 Å². The zero-order chi connectivity index (χ0) is 12.2. The number of piperazine rings is 1. The molecule has 0 bridgehead atoms. The van der Waals surface area contributed by atoms with Gasteiger partial charge in [-0.3, -0.25) is 4.90 Å². The third kappa shape index (κ3) is 5.80. The first-order valence-corrected chi connectivity index (χ1v) is 6.10. The number of nitrogens with zero attached hydrogens (tertiary/aromatic N) is 2. The van der Waals surface area contributed by atoms with E-state index in [0.717, 1.165) is 32.7 Å². The van der Waals surface area contributed by atoms with Crippen LogP contribution in [0.1, 0.15) is 20.8 Å². The molecule has 96 valence electrons. The summed E-state index contributed by atoms with van der Waals surface area (Å²) >= 11 is 0. The van der Waals surface area contributed by atoms with Gasteiger partial charge in [-0.2, -0.15) is 0 Å². The summed E-state index contributed by atoms with van der Waals surface area (Å²) in [5, 5.41) is 9.85. The second-order valence-corrected chi connectivity index (χ2v) is 5.68. The zero-order valence-electron chi connectivity index (χ0n) is 11.1. The van der Waals surface area contributed by atoms with Crippen LogP contribution in [0.5, 0.6) is 0 Å². The van der Waals surface area contributed by atoms with Crippen molar-refractivity contribution in [2.75, 3.05) is 46.4 Å². The van der Waals surface area contributed by atoms with E-state index in [0.29, 0.717) is 6.61 Å². The minimum atomic E-state index is -0.373. The summed E-state index contributed by atoms with van der Waals surface area (Å²) < 4.78 is 5.57. The molecule has 0 aromatic heterocycles. The van der Waals surface area contributed by atoms with Gasteiger partial charge in [0.25, 0.3) is 0 Å². The molecule has 0 aromatic rings. The van der Waals surface area contributed by atoms with Crippen LogP contribution in [0.3, 0.4) is 0 Å². The first-order valence-electron chi connectivity index (χ1n) is 6.10. The molecule has 1 aliphatic rings. The van der Waals surface area contributed by atoms with E-state index >= 15 is 0 Å². The Balaban J connectivity index is 2.16. The number of hydrogen-bond donors (Lipinski definition) is 1. The Labute approximate surface area is 99.2 Å². The van der Waals surface area contributed by atoms with E-state index in [-0.39, 0.29) is 11.7 Å². The van der Waals surface area contributed by atoms with Crippen LogP contribution in [-0.2, 0) is 4.74 Å². The number of aliphatic hydroxyl groups is 1. The summed E-state index contributed by atoms with van der Waals surface area (Å²) in [4.78, 5) is 4.62. The standard InChI is InChI=1S/C12H26N2O2/c1-12(2,3)16-10-11(15)9-14-7-5-13(4)6-8-14/h11,15H,5-10H2,1-4H3/t11-/m0/s1. The Morgan fingerprint density at radius 3 is 2.25 bits per heavy atom. The number of aliphatic hydroxyl groups excluding tert-OH is 1. The predicted molar refractivity (Wildman–Crippen MR) is 65.6 cm³/mol. The molecule has 0 aliphatic carbocycles. The minimum Gasteiger partial charge on any atom is -0.389 e. The predicted octanol–water partition coefficient (Wildman–Crippen LogP) is 0.410. The molecule has 0 unspecified atom stereocenters.